The van der Waals surface area contributed by atoms with Crippen molar-refractivity contribution in [1.82, 2.24) is 0 Å². The summed E-state index contributed by atoms with van der Waals surface area (Å²) in [7, 11) is 0. The third-order valence-electron chi connectivity index (χ3n) is 6.63. The molecule has 0 spiro atoms. The van der Waals surface area contributed by atoms with Crippen molar-refractivity contribution in [3.05, 3.63) is 96.1 Å². The van der Waals surface area contributed by atoms with Crippen LogP contribution < -0.4 is 0 Å². The van der Waals surface area contributed by atoms with E-state index in [2.05, 4.69) is 113 Å². The molecule has 0 unspecified atom stereocenters. The van der Waals surface area contributed by atoms with Gasteiger partial charge in [0.05, 0.1) is 0 Å². The summed E-state index contributed by atoms with van der Waals surface area (Å²) in [6.45, 7) is 9.22. The zero-order valence-electron chi connectivity index (χ0n) is 18.5. The Labute approximate surface area is 180 Å². The van der Waals surface area contributed by atoms with E-state index in [0.29, 0.717) is 0 Å². The van der Waals surface area contributed by atoms with Crippen molar-refractivity contribution < 1.29 is 0 Å². The summed E-state index contributed by atoms with van der Waals surface area (Å²) in [5, 5.41) is 5.39. The molecule has 0 aromatic heterocycles. The molecule has 0 saturated heterocycles. The quantitative estimate of drug-likeness (QED) is 0.384. The van der Waals surface area contributed by atoms with Gasteiger partial charge in [0.1, 0.15) is 0 Å². The van der Waals surface area contributed by atoms with Crippen LogP contribution in [0.4, 0.5) is 0 Å². The highest BCUT2D eigenvalue weighted by Crippen LogP contribution is 2.44. The Morgan fingerprint density at radius 3 is 1.13 bits per heavy atom. The summed E-state index contributed by atoms with van der Waals surface area (Å²) in [5.41, 5.74) is 5.92. The van der Waals surface area contributed by atoms with E-state index in [1.165, 1.54) is 43.8 Å². The Hall–Kier alpha value is -2.86. The minimum absolute atomic E-state index is 0.236. The highest BCUT2D eigenvalue weighted by atomic mass is 14.3. The van der Waals surface area contributed by atoms with E-state index in [0.717, 1.165) is 12.8 Å². The Balaban J connectivity index is 1.83. The van der Waals surface area contributed by atoms with E-state index in [4.69, 9.17) is 0 Å². The number of allylic oxidation sites excluding steroid dienone is 8. The van der Waals surface area contributed by atoms with Gasteiger partial charge in [0.2, 0.25) is 0 Å². The average molecular weight is 391 g/mol. The monoisotopic (exact) mass is 390 g/mol. The Morgan fingerprint density at radius 1 is 0.533 bits per heavy atom. The van der Waals surface area contributed by atoms with E-state index < -0.39 is 0 Å². The molecule has 0 N–H and O–H groups in total. The first kappa shape index (κ1) is 19.1. The van der Waals surface area contributed by atoms with Crippen LogP contribution in [-0.2, 0) is 0 Å². The molecule has 0 fully saturated rings. The lowest BCUT2D eigenvalue weighted by Gasteiger charge is -2.26. The molecular formula is C30H30. The normalized spacial score (nSPS) is 19.7. The largest absolute Gasteiger partial charge is 0.0779 e. The minimum atomic E-state index is 0.236. The van der Waals surface area contributed by atoms with Gasteiger partial charge in [-0.1, -0.05) is 113 Å². The summed E-state index contributed by atoms with van der Waals surface area (Å²) in [4.78, 5) is 0. The van der Waals surface area contributed by atoms with Gasteiger partial charge >= 0.3 is 0 Å². The van der Waals surface area contributed by atoms with E-state index >= 15 is 0 Å². The van der Waals surface area contributed by atoms with Crippen LogP contribution in [0.5, 0.6) is 0 Å². The SMILES string of the molecule is CC1(C)C=CC(c2c3ccccc3c(C3=CCC(C)(C)C=C3)c3ccccc23)=CC1. The molecule has 3 aromatic carbocycles. The first-order valence-corrected chi connectivity index (χ1v) is 11.1. The van der Waals surface area contributed by atoms with Crippen LogP contribution in [0.2, 0.25) is 0 Å². The molecule has 0 aliphatic heterocycles. The molecule has 0 saturated carbocycles. The zero-order valence-corrected chi connectivity index (χ0v) is 18.5. The molecular weight excluding hydrogens is 360 g/mol. The van der Waals surface area contributed by atoms with Crippen molar-refractivity contribution in [2.45, 2.75) is 40.5 Å². The van der Waals surface area contributed by atoms with Gasteiger partial charge in [-0.05, 0) is 67.5 Å². The summed E-state index contributed by atoms with van der Waals surface area (Å²) in [6.07, 6.45) is 16.4. The van der Waals surface area contributed by atoms with Crippen LogP contribution >= 0.6 is 0 Å². The van der Waals surface area contributed by atoms with Crippen LogP contribution in [0, 0.1) is 10.8 Å². The van der Waals surface area contributed by atoms with Crippen molar-refractivity contribution in [3.63, 3.8) is 0 Å². The Kier molecular flexibility index (Phi) is 4.36. The van der Waals surface area contributed by atoms with E-state index in [1.807, 2.05) is 0 Å². The molecule has 0 bridgehead atoms. The maximum Gasteiger partial charge on any atom is -0.00297 e. The van der Waals surface area contributed by atoms with Crippen LogP contribution in [0.1, 0.15) is 51.7 Å². The van der Waals surface area contributed by atoms with Crippen molar-refractivity contribution in [2.75, 3.05) is 0 Å². The van der Waals surface area contributed by atoms with Gasteiger partial charge in [-0.3, -0.25) is 0 Å². The summed E-state index contributed by atoms with van der Waals surface area (Å²) < 4.78 is 0. The number of benzene rings is 3. The van der Waals surface area contributed by atoms with Gasteiger partial charge in [0, 0.05) is 0 Å². The molecule has 0 nitrogen and oxygen atoms in total. The zero-order chi connectivity index (χ0) is 20.9. The minimum Gasteiger partial charge on any atom is -0.0779 e. The molecule has 3 aromatic rings. The fourth-order valence-corrected chi connectivity index (χ4v) is 4.77. The lowest BCUT2D eigenvalue weighted by Crippen LogP contribution is -2.10. The number of fused-ring (bicyclic) bond motifs is 2. The number of hydrogen-bond acceptors (Lipinski definition) is 0. The predicted octanol–water partition coefficient (Wildman–Crippen LogP) is 8.73. The summed E-state index contributed by atoms with van der Waals surface area (Å²) >= 11 is 0. The van der Waals surface area contributed by atoms with Crippen molar-refractivity contribution >= 4 is 32.7 Å². The van der Waals surface area contributed by atoms with Crippen LogP contribution in [-0.4, -0.2) is 0 Å². The van der Waals surface area contributed by atoms with Gasteiger partial charge in [-0.25, -0.2) is 0 Å². The van der Waals surface area contributed by atoms with Crippen LogP contribution in [0.25, 0.3) is 32.7 Å². The van der Waals surface area contributed by atoms with Crippen molar-refractivity contribution in [1.29, 1.82) is 0 Å². The first-order valence-electron chi connectivity index (χ1n) is 11.1. The van der Waals surface area contributed by atoms with E-state index in [-0.39, 0.29) is 10.8 Å². The van der Waals surface area contributed by atoms with Crippen molar-refractivity contribution in [2.24, 2.45) is 10.8 Å². The standard InChI is InChI=1S/C30H30/c1-29(2)17-13-21(14-18-29)27-23-9-5-7-11-25(23)28(26-12-8-6-10-24(26)27)22-15-19-30(3,4)20-16-22/h5-17,19H,18,20H2,1-4H3. The van der Waals surface area contributed by atoms with Gasteiger partial charge in [-0.2, -0.15) is 0 Å². The van der Waals surface area contributed by atoms with Crippen LogP contribution in [0.15, 0.2) is 85.0 Å². The molecule has 0 amide bonds. The van der Waals surface area contributed by atoms with Gasteiger partial charge in [0.25, 0.3) is 0 Å². The maximum absolute atomic E-state index is 2.43. The lowest BCUT2D eigenvalue weighted by atomic mass is 9.78. The highest BCUT2D eigenvalue weighted by molar-refractivity contribution is 6.17. The molecule has 0 heterocycles. The lowest BCUT2D eigenvalue weighted by molar-refractivity contribution is 0.485. The maximum atomic E-state index is 2.43. The number of rotatable bonds is 2. The van der Waals surface area contributed by atoms with Gasteiger partial charge < -0.3 is 0 Å². The molecule has 30 heavy (non-hydrogen) atoms. The predicted molar refractivity (Wildman–Crippen MR) is 132 cm³/mol. The fourth-order valence-electron chi connectivity index (χ4n) is 4.77. The molecule has 0 radical (unpaired) electrons. The van der Waals surface area contributed by atoms with Gasteiger partial charge in [-0.15, -0.1) is 0 Å². The topological polar surface area (TPSA) is 0 Å². The molecule has 0 heteroatoms. The molecule has 150 valence electrons. The second kappa shape index (κ2) is 6.84. The Bertz CT molecular complexity index is 1120. The molecule has 0 atom stereocenters. The fraction of sp³-hybridized carbons (Fsp3) is 0.267. The highest BCUT2D eigenvalue weighted by Gasteiger charge is 2.23. The summed E-state index contributed by atoms with van der Waals surface area (Å²) in [6, 6.07) is 17.9. The number of hydrogen-bond donors (Lipinski definition) is 0. The summed E-state index contributed by atoms with van der Waals surface area (Å²) in [5.74, 6) is 0. The second-order valence-corrected chi connectivity index (χ2v) is 10.2. The Morgan fingerprint density at radius 2 is 0.867 bits per heavy atom. The first-order chi connectivity index (χ1) is 14.3. The molecule has 2 aliphatic carbocycles. The third kappa shape index (κ3) is 3.25. The second-order valence-electron chi connectivity index (χ2n) is 10.2. The van der Waals surface area contributed by atoms with Gasteiger partial charge in [0.15, 0.2) is 0 Å². The molecule has 2 aliphatic rings. The van der Waals surface area contributed by atoms with Crippen molar-refractivity contribution in [3.8, 4) is 0 Å². The van der Waals surface area contributed by atoms with E-state index in [9.17, 15) is 0 Å². The van der Waals surface area contributed by atoms with E-state index in [1.54, 1.807) is 0 Å². The third-order valence-corrected chi connectivity index (χ3v) is 6.63. The molecule has 5 rings (SSSR count). The van der Waals surface area contributed by atoms with Crippen LogP contribution in [0.3, 0.4) is 0 Å². The average Bonchev–Trinajstić information content (AvgIpc) is 2.73. The smallest absolute Gasteiger partial charge is 0.00297 e.